The van der Waals surface area contributed by atoms with E-state index >= 15 is 0 Å². The predicted molar refractivity (Wildman–Crippen MR) is 13.4 cm³/mol. The van der Waals surface area contributed by atoms with Crippen LogP contribution in [0.15, 0.2) is 0 Å². The van der Waals surface area contributed by atoms with Gasteiger partial charge in [0.1, 0.15) is 0 Å². The third-order valence-electron chi connectivity index (χ3n) is 0. The van der Waals surface area contributed by atoms with E-state index in [-0.39, 0.29) is 27.7 Å². The van der Waals surface area contributed by atoms with Gasteiger partial charge in [-0.2, -0.15) is 4.21 Å². The van der Waals surface area contributed by atoms with Gasteiger partial charge in [-0.3, -0.25) is 9.11 Å². The van der Waals surface area contributed by atoms with E-state index in [4.69, 9.17) is 13.3 Å². The number of rotatable bonds is 0. The molecule has 28 valence electrons. The van der Waals surface area contributed by atoms with Crippen LogP contribution in [0.4, 0.5) is 0 Å². The molecule has 2 N–H and O–H groups in total. The van der Waals surface area contributed by atoms with E-state index in [2.05, 4.69) is 0 Å². The Morgan fingerprint density at radius 1 is 1.40 bits per heavy atom. The van der Waals surface area contributed by atoms with Crippen LogP contribution in [0.5, 0.6) is 0 Å². The Morgan fingerprint density at radius 3 is 1.40 bits per heavy atom. The van der Waals surface area contributed by atoms with Crippen LogP contribution >= 0.6 is 0 Å². The van der Waals surface area contributed by atoms with Gasteiger partial charge in [0.15, 0.2) is 0 Å². The van der Waals surface area contributed by atoms with Crippen LogP contribution in [0.1, 0.15) is 0 Å². The van der Waals surface area contributed by atoms with Gasteiger partial charge in [0.25, 0.3) is 11.4 Å². The van der Waals surface area contributed by atoms with Crippen LogP contribution in [0.3, 0.4) is 0 Å². The second-order valence-electron chi connectivity index (χ2n) is 0.231. The van der Waals surface area contributed by atoms with E-state index in [1.165, 1.54) is 0 Å². The van der Waals surface area contributed by atoms with Crippen molar-refractivity contribution in [3.63, 3.8) is 0 Å². The summed E-state index contributed by atoms with van der Waals surface area (Å²) in [6.07, 6.45) is 0. The molecule has 0 aromatic rings. The minimum absolute atomic E-state index is 0. The van der Waals surface area contributed by atoms with Crippen molar-refractivity contribution in [1.29, 1.82) is 0 Å². The van der Waals surface area contributed by atoms with Gasteiger partial charge < -0.3 is 0 Å². The summed E-state index contributed by atoms with van der Waals surface area (Å²) >= 11 is -2.61. The fourth-order valence-electron chi connectivity index (χ4n) is 0. The smallest absolute Gasteiger partial charge is 0.284 e. The molecule has 5 heteroatoms. The molecular formula is H2HgO3S. The molecule has 0 spiro atoms. The summed E-state index contributed by atoms with van der Waals surface area (Å²) in [4.78, 5) is 0. The molecule has 0 aliphatic carbocycles. The summed E-state index contributed by atoms with van der Waals surface area (Å²) in [5.41, 5.74) is 0. The monoisotopic (exact) mass is 284 g/mol. The summed E-state index contributed by atoms with van der Waals surface area (Å²) in [6.45, 7) is 0. The summed E-state index contributed by atoms with van der Waals surface area (Å²) in [5.74, 6) is 0. The Hall–Kier alpha value is 1.01. The third-order valence-corrected chi connectivity index (χ3v) is 0. The topological polar surface area (TPSA) is 57.5 Å². The van der Waals surface area contributed by atoms with Crippen molar-refractivity contribution in [3.8, 4) is 0 Å². The average molecular weight is 283 g/mol. The zero-order valence-electron chi connectivity index (χ0n) is 2.42. The molecule has 0 amide bonds. The van der Waals surface area contributed by atoms with E-state index in [0.29, 0.717) is 0 Å². The summed E-state index contributed by atoms with van der Waals surface area (Å²) in [5, 5.41) is 0. The number of hydrogen-bond donors (Lipinski definition) is 2. The van der Waals surface area contributed by atoms with Crippen molar-refractivity contribution in [3.05, 3.63) is 0 Å². The summed E-state index contributed by atoms with van der Waals surface area (Å²) in [7, 11) is 0. The molecular weight excluding hydrogens is 281 g/mol. The van der Waals surface area contributed by atoms with E-state index in [1.54, 1.807) is 0 Å². The van der Waals surface area contributed by atoms with Crippen LogP contribution in [0, 0.1) is 0 Å². The van der Waals surface area contributed by atoms with Gasteiger partial charge in [0.05, 0.1) is 0 Å². The van der Waals surface area contributed by atoms with Gasteiger partial charge in [0.2, 0.25) is 0 Å². The molecule has 0 saturated heterocycles. The maximum Gasteiger partial charge on any atom is 0.299 e. The number of hydrogen-bond acceptors (Lipinski definition) is 1. The molecule has 0 aromatic carbocycles. The predicted octanol–water partition coefficient (Wildman–Crippen LogP) is -0.321. The standard InChI is InChI=1S/Hg.H2O3S/c;1-4(2)3/h;(H2,1,2,3). The van der Waals surface area contributed by atoms with Crippen molar-refractivity contribution in [1.82, 2.24) is 0 Å². The Balaban J connectivity index is 0. The van der Waals surface area contributed by atoms with Crippen molar-refractivity contribution in [2.45, 2.75) is 0 Å². The molecule has 0 atom stereocenters. The normalized spacial score (nSPS) is 7.00. The molecule has 0 rings (SSSR count). The van der Waals surface area contributed by atoms with Gasteiger partial charge in [-0.15, -0.1) is 0 Å². The van der Waals surface area contributed by atoms with Crippen molar-refractivity contribution in [2.24, 2.45) is 0 Å². The Labute approximate surface area is 52.4 Å². The Morgan fingerprint density at radius 2 is 1.40 bits per heavy atom. The molecule has 0 aliphatic heterocycles. The molecule has 0 aromatic heterocycles. The minimum atomic E-state index is -2.61. The first-order valence-corrected chi connectivity index (χ1v) is 1.60. The Bertz CT molecular complexity index is 29.9. The van der Waals surface area contributed by atoms with Crippen LogP contribution in [0.25, 0.3) is 0 Å². The Kier molecular flexibility index (Phi) is 9.39. The van der Waals surface area contributed by atoms with Gasteiger partial charge in [-0.25, -0.2) is 0 Å². The van der Waals surface area contributed by atoms with Crippen molar-refractivity contribution in [2.75, 3.05) is 0 Å². The fraction of sp³-hybridized carbons (Fsp3) is 0. The molecule has 0 saturated carbocycles. The molecule has 0 bridgehead atoms. The van der Waals surface area contributed by atoms with Gasteiger partial charge in [-0.05, 0) is 0 Å². The maximum absolute atomic E-state index is 8.67. The van der Waals surface area contributed by atoms with Crippen LogP contribution in [-0.2, 0) is 39.0 Å². The van der Waals surface area contributed by atoms with Gasteiger partial charge in [0, 0.05) is 27.7 Å². The van der Waals surface area contributed by atoms with Crippen LogP contribution in [0.2, 0.25) is 0 Å². The first-order valence-electron chi connectivity index (χ1n) is 0.532. The first-order chi connectivity index (χ1) is 1.73. The largest absolute Gasteiger partial charge is 0.299 e. The van der Waals surface area contributed by atoms with Crippen molar-refractivity contribution >= 4 is 11.4 Å². The zero-order chi connectivity index (χ0) is 3.58. The summed E-state index contributed by atoms with van der Waals surface area (Å²) in [6, 6.07) is 0. The van der Waals surface area contributed by atoms with Crippen molar-refractivity contribution < 1.29 is 41.0 Å². The molecule has 0 radical (unpaired) electrons. The second-order valence-corrected chi connectivity index (χ2v) is 0.692. The van der Waals surface area contributed by atoms with E-state index in [1.807, 2.05) is 0 Å². The van der Waals surface area contributed by atoms with Gasteiger partial charge >= 0.3 is 0 Å². The quantitative estimate of drug-likeness (QED) is 0.473. The molecule has 0 heterocycles. The van der Waals surface area contributed by atoms with E-state index < -0.39 is 11.4 Å². The second kappa shape index (κ2) is 5.01. The summed E-state index contributed by atoms with van der Waals surface area (Å²) < 4.78 is 22.8. The van der Waals surface area contributed by atoms with Gasteiger partial charge in [-0.1, -0.05) is 0 Å². The van der Waals surface area contributed by atoms with Crippen LogP contribution < -0.4 is 0 Å². The van der Waals surface area contributed by atoms with E-state index in [0.717, 1.165) is 0 Å². The maximum atomic E-state index is 8.67. The van der Waals surface area contributed by atoms with E-state index in [9.17, 15) is 0 Å². The average Bonchev–Trinajstić information content (AvgIpc) is 0.811. The zero-order valence-corrected chi connectivity index (χ0v) is 8.73. The fourth-order valence-corrected chi connectivity index (χ4v) is 0. The molecule has 3 nitrogen and oxygen atoms in total. The molecule has 0 unspecified atom stereocenters. The molecule has 5 heavy (non-hydrogen) atoms. The molecule has 0 fully saturated rings. The minimum Gasteiger partial charge on any atom is -0.284 e. The SMILES string of the molecule is O=S(O)O.[Hg]. The molecule has 0 aliphatic rings. The third kappa shape index (κ3) is 44.7. The first kappa shape index (κ1) is 9.38. The van der Waals surface area contributed by atoms with Crippen LogP contribution in [-0.4, -0.2) is 13.3 Å².